The van der Waals surface area contributed by atoms with Crippen LogP contribution in [0.4, 0.5) is 10.8 Å². The lowest BCUT2D eigenvalue weighted by Crippen LogP contribution is -2.21. The van der Waals surface area contributed by atoms with Crippen LogP contribution in [0.1, 0.15) is 38.1 Å². The maximum atomic E-state index is 12.1. The van der Waals surface area contributed by atoms with Gasteiger partial charge in [0.1, 0.15) is 0 Å². The Kier molecular flexibility index (Phi) is 7.58. The number of benzene rings is 1. The van der Waals surface area contributed by atoms with Crippen LogP contribution in [0.3, 0.4) is 0 Å². The van der Waals surface area contributed by atoms with E-state index in [4.69, 9.17) is 4.74 Å². The van der Waals surface area contributed by atoms with Crippen molar-refractivity contribution in [1.82, 2.24) is 4.98 Å². The van der Waals surface area contributed by atoms with Crippen LogP contribution >= 0.6 is 11.3 Å². The van der Waals surface area contributed by atoms with E-state index in [1.807, 2.05) is 0 Å². The molecule has 0 aliphatic carbocycles. The van der Waals surface area contributed by atoms with Crippen LogP contribution in [0.5, 0.6) is 0 Å². The molecule has 0 radical (unpaired) electrons. The quantitative estimate of drug-likeness (QED) is 0.487. The van der Waals surface area contributed by atoms with Gasteiger partial charge in [-0.1, -0.05) is 0 Å². The van der Waals surface area contributed by atoms with E-state index < -0.39 is 30.4 Å². The van der Waals surface area contributed by atoms with Crippen molar-refractivity contribution in [3.05, 3.63) is 40.4 Å². The first-order chi connectivity index (χ1) is 14.2. The van der Waals surface area contributed by atoms with E-state index in [1.54, 1.807) is 0 Å². The zero-order chi connectivity index (χ0) is 22.3. The molecule has 0 aliphatic heterocycles. The number of nitrogens with zero attached hydrogens (tertiary/aromatic N) is 1. The molecular formula is C18H17N3O8S. The number of thiazole rings is 1. The number of aromatic nitrogens is 1. The minimum atomic E-state index is -0.864. The summed E-state index contributed by atoms with van der Waals surface area (Å²) in [6, 6.07) is 3.83. The van der Waals surface area contributed by atoms with E-state index in [2.05, 4.69) is 25.1 Å². The van der Waals surface area contributed by atoms with Gasteiger partial charge < -0.3 is 24.8 Å². The fourth-order valence-corrected chi connectivity index (χ4v) is 2.87. The Morgan fingerprint density at radius 3 is 2.07 bits per heavy atom. The molecule has 12 heteroatoms. The molecule has 1 aromatic heterocycles. The van der Waals surface area contributed by atoms with Gasteiger partial charge in [-0.2, -0.15) is 0 Å². The summed E-state index contributed by atoms with van der Waals surface area (Å²) in [7, 11) is 2.33. The number of hydrogen-bond donors (Lipinski definition) is 2. The van der Waals surface area contributed by atoms with Crippen LogP contribution in [0.25, 0.3) is 0 Å². The number of rotatable bonds is 7. The van der Waals surface area contributed by atoms with Gasteiger partial charge >= 0.3 is 17.9 Å². The van der Waals surface area contributed by atoms with Crippen molar-refractivity contribution >= 4 is 51.9 Å². The van der Waals surface area contributed by atoms with Gasteiger partial charge in [-0.05, 0) is 18.2 Å². The molecule has 2 amide bonds. The lowest BCUT2D eigenvalue weighted by molar-refractivity contribution is -0.119. The molecule has 0 atom stereocenters. The molecular weight excluding hydrogens is 418 g/mol. The molecule has 1 heterocycles. The van der Waals surface area contributed by atoms with E-state index in [0.717, 1.165) is 11.3 Å². The molecule has 0 aliphatic rings. The summed E-state index contributed by atoms with van der Waals surface area (Å²) in [6.07, 6.45) is 0. The maximum Gasteiger partial charge on any atom is 0.358 e. The van der Waals surface area contributed by atoms with Gasteiger partial charge in [0.05, 0.1) is 25.3 Å². The summed E-state index contributed by atoms with van der Waals surface area (Å²) >= 11 is 1.02. The smallest absolute Gasteiger partial charge is 0.358 e. The SMILES string of the molecule is COC(=O)c1cc(NC(=O)COC(=O)c2csc(NC(C)=O)n2)cc(C(=O)OC)c1. The Morgan fingerprint density at radius 2 is 1.53 bits per heavy atom. The van der Waals surface area contributed by atoms with E-state index in [1.165, 1.54) is 44.7 Å². The molecule has 0 unspecified atom stereocenters. The van der Waals surface area contributed by atoms with Crippen molar-refractivity contribution < 1.29 is 38.2 Å². The van der Waals surface area contributed by atoms with Crippen LogP contribution in [-0.2, 0) is 23.8 Å². The number of anilines is 2. The molecule has 0 fully saturated rings. The molecule has 0 spiro atoms. The standard InChI is InChI=1S/C18H17N3O8S/c1-9(22)19-18-21-13(8-30-18)17(26)29-7-14(23)20-12-5-10(15(24)27-2)4-11(6-12)16(25)28-3/h4-6,8H,7H2,1-3H3,(H,20,23)(H,19,21,22). The third kappa shape index (κ3) is 6.10. The summed E-state index contributed by atoms with van der Waals surface area (Å²) in [5.74, 6) is -3.37. The summed E-state index contributed by atoms with van der Waals surface area (Å²) < 4.78 is 14.1. The normalized spacial score (nSPS) is 9.97. The first-order valence-corrected chi connectivity index (χ1v) is 9.13. The van der Waals surface area contributed by atoms with Crippen molar-refractivity contribution in [2.24, 2.45) is 0 Å². The van der Waals surface area contributed by atoms with Crippen LogP contribution in [0, 0.1) is 0 Å². The predicted molar refractivity (Wildman–Crippen MR) is 104 cm³/mol. The monoisotopic (exact) mass is 435 g/mol. The molecule has 0 saturated heterocycles. The van der Waals surface area contributed by atoms with Gasteiger partial charge in [0.25, 0.3) is 5.91 Å². The van der Waals surface area contributed by atoms with Gasteiger partial charge in [-0.3, -0.25) is 9.59 Å². The average Bonchev–Trinajstić information content (AvgIpc) is 3.18. The van der Waals surface area contributed by atoms with Crippen molar-refractivity contribution in [3.8, 4) is 0 Å². The van der Waals surface area contributed by atoms with Gasteiger partial charge in [-0.25, -0.2) is 19.4 Å². The third-order valence-corrected chi connectivity index (χ3v) is 4.15. The minimum absolute atomic E-state index is 0.0145. The third-order valence-electron chi connectivity index (χ3n) is 3.39. The number of methoxy groups -OCH3 is 2. The average molecular weight is 435 g/mol. The lowest BCUT2D eigenvalue weighted by atomic mass is 10.1. The van der Waals surface area contributed by atoms with E-state index in [9.17, 15) is 24.0 Å². The molecule has 1 aromatic carbocycles. The number of ether oxygens (including phenoxy) is 3. The minimum Gasteiger partial charge on any atom is -0.465 e. The zero-order valence-corrected chi connectivity index (χ0v) is 17.0. The molecule has 158 valence electrons. The predicted octanol–water partition coefficient (Wildman–Crippen LogP) is 1.47. The second-order valence-corrected chi connectivity index (χ2v) is 6.48. The maximum absolute atomic E-state index is 12.1. The highest BCUT2D eigenvalue weighted by Gasteiger charge is 2.17. The van der Waals surface area contributed by atoms with Gasteiger partial charge in [0.2, 0.25) is 5.91 Å². The largest absolute Gasteiger partial charge is 0.465 e. The van der Waals surface area contributed by atoms with Gasteiger partial charge in [0.15, 0.2) is 17.4 Å². The van der Waals surface area contributed by atoms with Crippen LogP contribution < -0.4 is 10.6 Å². The van der Waals surface area contributed by atoms with Crippen molar-refractivity contribution in [1.29, 1.82) is 0 Å². The van der Waals surface area contributed by atoms with Crippen LogP contribution in [-0.4, -0.2) is 55.5 Å². The summed E-state index contributed by atoms with van der Waals surface area (Å²) in [6.45, 7) is 0.645. The molecule has 2 aromatic rings. The Labute approximate surface area is 174 Å². The Balaban J connectivity index is 2.03. The van der Waals surface area contributed by atoms with Crippen molar-refractivity contribution in [3.63, 3.8) is 0 Å². The molecule has 2 rings (SSSR count). The highest BCUT2D eigenvalue weighted by Crippen LogP contribution is 2.18. The number of carbonyl (C=O) groups excluding carboxylic acids is 5. The second kappa shape index (κ2) is 10.1. The number of esters is 3. The number of nitrogens with one attached hydrogen (secondary N) is 2. The first-order valence-electron chi connectivity index (χ1n) is 8.25. The van der Waals surface area contributed by atoms with Crippen LogP contribution in [0.2, 0.25) is 0 Å². The summed E-state index contributed by atoms with van der Waals surface area (Å²) in [5.41, 5.74) is 0.0551. The Bertz CT molecular complexity index is 967. The summed E-state index contributed by atoms with van der Waals surface area (Å²) in [4.78, 5) is 62.5. The Morgan fingerprint density at radius 1 is 0.933 bits per heavy atom. The molecule has 11 nitrogen and oxygen atoms in total. The first kappa shape index (κ1) is 22.5. The molecule has 30 heavy (non-hydrogen) atoms. The zero-order valence-electron chi connectivity index (χ0n) is 16.1. The fraction of sp³-hybridized carbons (Fsp3) is 0.222. The molecule has 0 saturated carbocycles. The highest BCUT2D eigenvalue weighted by atomic mass is 32.1. The summed E-state index contributed by atoms with van der Waals surface area (Å²) in [5, 5.41) is 6.42. The highest BCUT2D eigenvalue weighted by molar-refractivity contribution is 7.14. The lowest BCUT2D eigenvalue weighted by Gasteiger charge is -2.09. The van der Waals surface area contributed by atoms with E-state index >= 15 is 0 Å². The molecule has 2 N–H and O–H groups in total. The number of amides is 2. The molecule has 0 bridgehead atoms. The topological polar surface area (TPSA) is 150 Å². The van der Waals surface area contributed by atoms with E-state index in [0.29, 0.717) is 0 Å². The van der Waals surface area contributed by atoms with Gasteiger partial charge in [-0.15, -0.1) is 11.3 Å². The van der Waals surface area contributed by atoms with E-state index in [-0.39, 0.29) is 33.5 Å². The van der Waals surface area contributed by atoms with Gasteiger partial charge in [0, 0.05) is 18.0 Å². The van der Waals surface area contributed by atoms with Crippen molar-refractivity contribution in [2.75, 3.05) is 31.5 Å². The van der Waals surface area contributed by atoms with Crippen LogP contribution in [0.15, 0.2) is 23.6 Å². The van der Waals surface area contributed by atoms with Crippen molar-refractivity contribution in [2.45, 2.75) is 6.92 Å². The Hall–Kier alpha value is -3.80. The number of hydrogen-bond acceptors (Lipinski definition) is 10. The number of carbonyl (C=O) groups is 5. The second-order valence-electron chi connectivity index (χ2n) is 5.63. The fourth-order valence-electron chi connectivity index (χ4n) is 2.15.